The van der Waals surface area contributed by atoms with Gasteiger partial charge in [0.25, 0.3) is 0 Å². The predicted octanol–water partition coefficient (Wildman–Crippen LogP) is 3.01. The molecule has 2 aromatic carbocycles. The number of carbonyl (C=O) groups excluding carboxylic acids is 1. The third-order valence-electron chi connectivity index (χ3n) is 4.21. The number of primary sulfonamides is 1. The number of anilines is 1. The quantitative estimate of drug-likeness (QED) is 0.621. The summed E-state index contributed by atoms with van der Waals surface area (Å²) in [6.45, 7) is 2.00. The standard InChI is InChI=1S/C18H18BrN3O4S/c1-11-18(19)13-5-3-4-6-14(13)22(11)10-17(23)21-12-7-8-15(26-2)16(9-12)27(20,24)25/h3-9H,10H2,1-2H3,(H,21,23)(H2,20,24,25). The molecule has 0 aliphatic rings. The number of nitrogens with one attached hydrogen (secondary N) is 1. The summed E-state index contributed by atoms with van der Waals surface area (Å²) in [6.07, 6.45) is 0. The van der Waals surface area contributed by atoms with Crippen molar-refractivity contribution < 1.29 is 17.9 Å². The van der Waals surface area contributed by atoms with E-state index < -0.39 is 10.0 Å². The number of ether oxygens (including phenoxy) is 1. The average molecular weight is 452 g/mol. The van der Waals surface area contributed by atoms with Gasteiger partial charge in [-0.3, -0.25) is 4.79 Å². The molecule has 0 unspecified atom stereocenters. The largest absolute Gasteiger partial charge is 0.495 e. The number of amides is 1. The van der Waals surface area contributed by atoms with Crippen LogP contribution >= 0.6 is 15.9 Å². The van der Waals surface area contributed by atoms with Gasteiger partial charge in [-0.15, -0.1) is 0 Å². The average Bonchev–Trinajstić information content (AvgIpc) is 2.86. The van der Waals surface area contributed by atoms with Crippen molar-refractivity contribution in [3.8, 4) is 5.75 Å². The lowest BCUT2D eigenvalue weighted by Crippen LogP contribution is -2.20. The van der Waals surface area contributed by atoms with E-state index in [4.69, 9.17) is 9.88 Å². The number of hydrogen-bond donors (Lipinski definition) is 2. The molecule has 0 spiro atoms. The van der Waals surface area contributed by atoms with E-state index in [-0.39, 0.29) is 23.1 Å². The van der Waals surface area contributed by atoms with Gasteiger partial charge in [0.2, 0.25) is 15.9 Å². The number of nitrogens with zero attached hydrogens (tertiary/aromatic N) is 1. The van der Waals surface area contributed by atoms with Crippen molar-refractivity contribution >= 4 is 48.5 Å². The lowest BCUT2D eigenvalue weighted by Gasteiger charge is -2.12. The van der Waals surface area contributed by atoms with Crippen LogP contribution in [-0.2, 0) is 21.4 Å². The van der Waals surface area contributed by atoms with Gasteiger partial charge in [-0.1, -0.05) is 18.2 Å². The van der Waals surface area contributed by atoms with Gasteiger partial charge in [-0.25, -0.2) is 13.6 Å². The van der Waals surface area contributed by atoms with Gasteiger partial charge in [-0.05, 0) is 47.1 Å². The molecule has 0 atom stereocenters. The Labute approximate surface area is 165 Å². The number of rotatable bonds is 5. The molecule has 27 heavy (non-hydrogen) atoms. The van der Waals surface area contributed by atoms with E-state index in [2.05, 4.69) is 21.2 Å². The molecule has 0 saturated heterocycles. The van der Waals surface area contributed by atoms with E-state index in [1.165, 1.54) is 19.2 Å². The zero-order valence-electron chi connectivity index (χ0n) is 14.7. The SMILES string of the molecule is COc1ccc(NC(=O)Cn2c(C)c(Br)c3ccccc32)cc1S(N)(=O)=O. The van der Waals surface area contributed by atoms with Crippen molar-refractivity contribution in [3.63, 3.8) is 0 Å². The van der Waals surface area contributed by atoms with Crippen LogP contribution in [0.2, 0.25) is 0 Å². The number of halogens is 1. The number of para-hydroxylation sites is 1. The zero-order valence-corrected chi connectivity index (χ0v) is 17.1. The highest BCUT2D eigenvalue weighted by atomic mass is 79.9. The van der Waals surface area contributed by atoms with Gasteiger partial charge < -0.3 is 14.6 Å². The van der Waals surface area contributed by atoms with Gasteiger partial charge in [-0.2, -0.15) is 0 Å². The maximum atomic E-state index is 12.5. The van der Waals surface area contributed by atoms with E-state index in [0.29, 0.717) is 5.69 Å². The van der Waals surface area contributed by atoms with E-state index in [9.17, 15) is 13.2 Å². The Hall–Kier alpha value is -2.36. The van der Waals surface area contributed by atoms with Crippen LogP contribution in [0.3, 0.4) is 0 Å². The van der Waals surface area contributed by atoms with Crippen LogP contribution in [0.1, 0.15) is 5.69 Å². The topological polar surface area (TPSA) is 103 Å². The van der Waals surface area contributed by atoms with Crippen LogP contribution in [0, 0.1) is 6.92 Å². The molecule has 3 aromatic rings. The Morgan fingerprint density at radius 1 is 1.26 bits per heavy atom. The number of benzene rings is 2. The summed E-state index contributed by atoms with van der Waals surface area (Å²) in [4.78, 5) is 12.4. The maximum Gasteiger partial charge on any atom is 0.244 e. The fraction of sp³-hybridized carbons (Fsp3) is 0.167. The van der Waals surface area contributed by atoms with Gasteiger partial charge in [0.15, 0.2) is 0 Å². The van der Waals surface area contributed by atoms with Crippen LogP contribution < -0.4 is 15.2 Å². The van der Waals surface area contributed by atoms with Crippen LogP contribution in [0.15, 0.2) is 51.8 Å². The lowest BCUT2D eigenvalue weighted by molar-refractivity contribution is -0.116. The summed E-state index contributed by atoms with van der Waals surface area (Å²) in [5.74, 6) is -0.177. The third-order valence-corrected chi connectivity index (χ3v) is 6.14. The Kier molecular flexibility index (Phi) is 5.27. The summed E-state index contributed by atoms with van der Waals surface area (Å²) in [7, 11) is -2.64. The number of carbonyl (C=O) groups is 1. The zero-order chi connectivity index (χ0) is 19.8. The highest BCUT2D eigenvalue weighted by molar-refractivity contribution is 9.10. The second kappa shape index (κ2) is 7.34. The fourth-order valence-corrected chi connectivity index (χ4v) is 4.19. The predicted molar refractivity (Wildman–Crippen MR) is 107 cm³/mol. The highest BCUT2D eigenvalue weighted by Gasteiger charge is 2.18. The first-order valence-electron chi connectivity index (χ1n) is 7.96. The molecule has 7 nitrogen and oxygen atoms in total. The van der Waals surface area contributed by atoms with Gasteiger partial charge >= 0.3 is 0 Å². The number of nitrogens with two attached hydrogens (primary N) is 1. The minimum atomic E-state index is -3.98. The molecule has 1 aromatic heterocycles. The first-order chi connectivity index (χ1) is 12.7. The van der Waals surface area contributed by atoms with Crippen molar-refractivity contribution in [1.82, 2.24) is 4.57 Å². The van der Waals surface area contributed by atoms with E-state index in [1.54, 1.807) is 6.07 Å². The van der Waals surface area contributed by atoms with Gasteiger partial charge in [0.05, 0.1) is 7.11 Å². The molecular weight excluding hydrogens is 434 g/mol. The van der Waals surface area contributed by atoms with E-state index >= 15 is 0 Å². The molecule has 0 bridgehead atoms. The number of sulfonamides is 1. The molecule has 0 aliphatic heterocycles. The first kappa shape index (κ1) is 19.4. The molecule has 0 saturated carbocycles. The normalized spacial score (nSPS) is 11.6. The summed E-state index contributed by atoms with van der Waals surface area (Å²) in [5.41, 5.74) is 2.17. The Bertz CT molecular complexity index is 1140. The number of methoxy groups -OCH3 is 1. The second-order valence-electron chi connectivity index (χ2n) is 5.96. The van der Waals surface area contributed by atoms with Crippen LogP contribution in [0.5, 0.6) is 5.75 Å². The number of fused-ring (bicyclic) bond motifs is 1. The third kappa shape index (κ3) is 3.85. The maximum absolute atomic E-state index is 12.5. The molecule has 1 heterocycles. The van der Waals surface area contributed by atoms with Crippen LogP contribution in [0.4, 0.5) is 5.69 Å². The monoisotopic (exact) mass is 451 g/mol. The summed E-state index contributed by atoms with van der Waals surface area (Å²) in [6, 6.07) is 12.0. The minimum Gasteiger partial charge on any atom is -0.495 e. The molecule has 9 heteroatoms. The smallest absolute Gasteiger partial charge is 0.244 e. The molecule has 142 valence electrons. The highest BCUT2D eigenvalue weighted by Crippen LogP contribution is 2.30. The van der Waals surface area contributed by atoms with E-state index in [0.717, 1.165) is 21.1 Å². The fourth-order valence-electron chi connectivity index (χ4n) is 2.91. The summed E-state index contributed by atoms with van der Waals surface area (Å²) in [5, 5.41) is 8.93. The van der Waals surface area contributed by atoms with Crippen LogP contribution in [-0.4, -0.2) is 26.0 Å². The van der Waals surface area contributed by atoms with Gasteiger partial charge in [0.1, 0.15) is 17.2 Å². The molecular formula is C18H18BrN3O4S. The van der Waals surface area contributed by atoms with Crippen molar-refractivity contribution in [2.24, 2.45) is 5.14 Å². The molecule has 1 amide bonds. The van der Waals surface area contributed by atoms with Crippen molar-refractivity contribution in [2.75, 3.05) is 12.4 Å². The lowest BCUT2D eigenvalue weighted by atomic mass is 10.2. The summed E-state index contributed by atoms with van der Waals surface area (Å²) >= 11 is 3.56. The van der Waals surface area contributed by atoms with E-state index in [1.807, 2.05) is 35.8 Å². The minimum absolute atomic E-state index is 0.0781. The van der Waals surface area contributed by atoms with Crippen molar-refractivity contribution in [2.45, 2.75) is 18.4 Å². The number of hydrogen-bond acceptors (Lipinski definition) is 4. The molecule has 3 N–H and O–H groups in total. The molecule has 0 aliphatic carbocycles. The Balaban J connectivity index is 1.89. The number of aromatic nitrogens is 1. The van der Waals surface area contributed by atoms with Crippen LogP contribution in [0.25, 0.3) is 10.9 Å². The molecule has 0 fully saturated rings. The second-order valence-corrected chi connectivity index (χ2v) is 8.28. The Morgan fingerprint density at radius 2 is 1.96 bits per heavy atom. The Morgan fingerprint density at radius 3 is 2.63 bits per heavy atom. The van der Waals surface area contributed by atoms with Crippen molar-refractivity contribution in [1.29, 1.82) is 0 Å². The molecule has 0 radical (unpaired) electrons. The first-order valence-corrected chi connectivity index (χ1v) is 10.3. The van der Waals surface area contributed by atoms with Gasteiger partial charge in [0, 0.05) is 26.8 Å². The molecule has 3 rings (SSSR count). The summed E-state index contributed by atoms with van der Waals surface area (Å²) < 4.78 is 31.3. The van der Waals surface area contributed by atoms with Crippen molar-refractivity contribution in [3.05, 3.63) is 52.6 Å².